The van der Waals surface area contributed by atoms with E-state index >= 15 is 0 Å². The van der Waals surface area contributed by atoms with Crippen molar-refractivity contribution < 1.29 is 35.1 Å². The molecule has 0 spiro atoms. The molecule has 7 heteroatoms. The van der Waals surface area contributed by atoms with Gasteiger partial charge in [-0.2, -0.15) is 0 Å². The Morgan fingerprint density at radius 1 is 1.23 bits per heavy atom. The number of Topliss-reactive ketones (excluding diaryl/α,β-unsaturated/α-hetero) is 1. The molecule has 0 amide bonds. The molecule has 76 valence electrons. The van der Waals surface area contributed by atoms with Crippen LogP contribution in [0.25, 0.3) is 0 Å². The summed E-state index contributed by atoms with van der Waals surface area (Å²) in [6.07, 6.45) is -6.12. The van der Waals surface area contributed by atoms with Crippen LogP contribution in [-0.4, -0.2) is 57.1 Å². The fourth-order valence-corrected chi connectivity index (χ4v) is 0.594. The number of hydrogen-bond acceptors (Lipinski definition) is 7. The van der Waals surface area contributed by atoms with Crippen molar-refractivity contribution >= 4 is 11.8 Å². The highest BCUT2D eigenvalue weighted by Crippen LogP contribution is 2.00. The first-order valence-electron chi connectivity index (χ1n) is 3.32. The molecule has 0 aliphatic rings. The zero-order valence-electron chi connectivity index (χ0n) is 6.45. The standard InChI is InChI=1S/C6H10O7/c7-1-2(8)3(9)4(10)5(11)6(12)13/h2-4,7-10H,1H2,(H,12,13)/p-1. The average molecular weight is 193 g/mol. The van der Waals surface area contributed by atoms with Crippen LogP contribution in [0.5, 0.6) is 0 Å². The lowest BCUT2D eigenvalue weighted by atomic mass is 10.1. The fraction of sp³-hybridized carbons (Fsp3) is 0.667. The predicted molar refractivity (Wildman–Crippen MR) is 35.1 cm³/mol. The number of aliphatic carboxylic acids is 1. The number of hydrogen-bond donors (Lipinski definition) is 4. The molecule has 0 aromatic rings. The van der Waals surface area contributed by atoms with Crippen LogP contribution in [0.3, 0.4) is 0 Å². The zero-order valence-corrected chi connectivity index (χ0v) is 6.45. The second-order valence-corrected chi connectivity index (χ2v) is 2.34. The molecule has 13 heavy (non-hydrogen) atoms. The van der Waals surface area contributed by atoms with Gasteiger partial charge in [-0.15, -0.1) is 0 Å². The number of aliphatic hydroxyl groups is 4. The summed E-state index contributed by atoms with van der Waals surface area (Å²) < 4.78 is 0. The highest BCUT2D eigenvalue weighted by molar-refractivity contribution is 6.33. The second-order valence-electron chi connectivity index (χ2n) is 2.34. The Kier molecular flexibility index (Phi) is 4.49. The van der Waals surface area contributed by atoms with Gasteiger partial charge >= 0.3 is 0 Å². The minimum Gasteiger partial charge on any atom is -0.542 e. The maximum absolute atomic E-state index is 10.4. The lowest BCUT2D eigenvalue weighted by Crippen LogP contribution is -2.49. The van der Waals surface area contributed by atoms with Crippen LogP contribution in [-0.2, 0) is 9.59 Å². The van der Waals surface area contributed by atoms with E-state index in [0.717, 1.165) is 0 Å². The summed E-state index contributed by atoms with van der Waals surface area (Å²) in [7, 11) is 0. The molecule has 0 saturated carbocycles. The van der Waals surface area contributed by atoms with E-state index in [4.69, 9.17) is 20.4 Å². The Bertz CT molecular complexity index is 201. The van der Waals surface area contributed by atoms with Crippen molar-refractivity contribution in [3.63, 3.8) is 0 Å². The fourth-order valence-electron chi connectivity index (χ4n) is 0.594. The van der Waals surface area contributed by atoms with Crippen LogP contribution in [0.4, 0.5) is 0 Å². The van der Waals surface area contributed by atoms with Gasteiger partial charge in [0.15, 0.2) is 0 Å². The SMILES string of the molecule is O=C([O-])C(=O)C(O)C(O)C(O)CO. The van der Waals surface area contributed by atoms with E-state index in [0.29, 0.717) is 0 Å². The first-order chi connectivity index (χ1) is 5.91. The Morgan fingerprint density at radius 3 is 2.00 bits per heavy atom. The van der Waals surface area contributed by atoms with Crippen molar-refractivity contribution in [3.05, 3.63) is 0 Å². The smallest absolute Gasteiger partial charge is 0.209 e. The number of carbonyl (C=O) groups excluding carboxylic acids is 2. The minimum absolute atomic E-state index is 0.904. The van der Waals surface area contributed by atoms with Crippen molar-refractivity contribution in [2.45, 2.75) is 18.3 Å². The van der Waals surface area contributed by atoms with Gasteiger partial charge in [0.2, 0.25) is 5.78 Å². The summed E-state index contributed by atoms with van der Waals surface area (Å²) in [4.78, 5) is 20.3. The summed E-state index contributed by atoms with van der Waals surface area (Å²) in [6, 6.07) is 0. The molecule has 0 saturated heterocycles. The number of aliphatic hydroxyl groups excluding tert-OH is 4. The van der Waals surface area contributed by atoms with E-state index in [1.807, 2.05) is 0 Å². The number of carboxylic acid groups (broad SMARTS) is 1. The van der Waals surface area contributed by atoms with Gasteiger partial charge in [0.05, 0.1) is 6.61 Å². The van der Waals surface area contributed by atoms with Gasteiger partial charge in [0.25, 0.3) is 0 Å². The maximum atomic E-state index is 10.4. The topological polar surface area (TPSA) is 138 Å². The summed E-state index contributed by atoms with van der Waals surface area (Å²) in [5, 5.41) is 44.5. The molecule has 0 aromatic heterocycles. The molecule has 4 N–H and O–H groups in total. The van der Waals surface area contributed by atoms with E-state index in [-0.39, 0.29) is 0 Å². The lowest BCUT2D eigenvalue weighted by Gasteiger charge is -2.20. The molecule has 0 rings (SSSR count). The normalized spacial score (nSPS) is 17.5. The van der Waals surface area contributed by atoms with Crippen molar-refractivity contribution in [1.29, 1.82) is 0 Å². The van der Waals surface area contributed by atoms with Crippen LogP contribution in [0.2, 0.25) is 0 Å². The third-order valence-corrected chi connectivity index (χ3v) is 1.37. The minimum atomic E-state index is -2.30. The molecule has 0 aliphatic heterocycles. The van der Waals surface area contributed by atoms with E-state index in [1.165, 1.54) is 0 Å². The number of rotatable bonds is 5. The van der Waals surface area contributed by atoms with Crippen molar-refractivity contribution in [2.75, 3.05) is 6.61 Å². The van der Waals surface area contributed by atoms with E-state index in [1.54, 1.807) is 0 Å². The van der Waals surface area contributed by atoms with E-state index in [9.17, 15) is 14.7 Å². The predicted octanol–water partition coefficient (Wildman–Crippen LogP) is -4.62. The Labute approximate surface area is 72.9 Å². The third-order valence-electron chi connectivity index (χ3n) is 1.37. The Morgan fingerprint density at radius 2 is 1.69 bits per heavy atom. The van der Waals surface area contributed by atoms with Crippen molar-refractivity contribution in [2.24, 2.45) is 0 Å². The molecule has 7 nitrogen and oxygen atoms in total. The first-order valence-corrected chi connectivity index (χ1v) is 3.32. The van der Waals surface area contributed by atoms with Crippen LogP contribution < -0.4 is 5.11 Å². The van der Waals surface area contributed by atoms with Crippen LogP contribution in [0.15, 0.2) is 0 Å². The molecule has 0 heterocycles. The molecule has 0 bridgehead atoms. The van der Waals surface area contributed by atoms with Crippen molar-refractivity contribution in [1.82, 2.24) is 0 Å². The summed E-state index contributed by atoms with van der Waals surface area (Å²) >= 11 is 0. The van der Waals surface area contributed by atoms with Crippen LogP contribution in [0, 0.1) is 0 Å². The summed E-state index contributed by atoms with van der Waals surface area (Å²) in [5.74, 6) is -3.92. The Hall–Kier alpha value is -1.02. The molecule has 0 aliphatic carbocycles. The molecule has 3 atom stereocenters. The van der Waals surface area contributed by atoms with Crippen LogP contribution >= 0.6 is 0 Å². The molecule has 0 fully saturated rings. The van der Waals surface area contributed by atoms with E-state index < -0.39 is 36.7 Å². The number of carbonyl (C=O) groups is 2. The zero-order chi connectivity index (χ0) is 10.6. The summed E-state index contributed by atoms with van der Waals surface area (Å²) in [6.45, 7) is -0.904. The third kappa shape index (κ3) is 3.07. The second kappa shape index (κ2) is 4.87. The van der Waals surface area contributed by atoms with Gasteiger partial charge in [0.1, 0.15) is 24.3 Å². The average Bonchev–Trinajstić information content (AvgIpc) is 2.12. The molecule has 0 radical (unpaired) electrons. The molecule has 3 unspecified atom stereocenters. The number of ketones is 1. The highest BCUT2D eigenvalue weighted by atomic mass is 16.4. The first kappa shape index (κ1) is 12.0. The molecular weight excluding hydrogens is 184 g/mol. The Balaban J connectivity index is 4.33. The van der Waals surface area contributed by atoms with Crippen LogP contribution in [0.1, 0.15) is 0 Å². The largest absolute Gasteiger partial charge is 0.542 e. The van der Waals surface area contributed by atoms with Gasteiger partial charge in [-0.3, -0.25) is 4.79 Å². The van der Waals surface area contributed by atoms with Crippen molar-refractivity contribution in [3.8, 4) is 0 Å². The monoisotopic (exact) mass is 193 g/mol. The van der Waals surface area contributed by atoms with Gasteiger partial charge in [-0.1, -0.05) is 0 Å². The summed E-state index contributed by atoms with van der Waals surface area (Å²) in [5.41, 5.74) is 0. The van der Waals surface area contributed by atoms with Gasteiger partial charge < -0.3 is 30.3 Å². The van der Waals surface area contributed by atoms with Gasteiger partial charge in [-0.05, 0) is 0 Å². The lowest BCUT2D eigenvalue weighted by molar-refractivity contribution is -0.301. The molecular formula is C6H9O7-. The van der Waals surface area contributed by atoms with Gasteiger partial charge in [-0.25, -0.2) is 0 Å². The highest BCUT2D eigenvalue weighted by Gasteiger charge is 2.30. The quantitative estimate of drug-likeness (QED) is 0.322. The molecule has 0 aromatic carbocycles. The van der Waals surface area contributed by atoms with Gasteiger partial charge in [0, 0.05) is 0 Å². The maximum Gasteiger partial charge on any atom is 0.209 e. The van der Waals surface area contributed by atoms with E-state index in [2.05, 4.69) is 0 Å². The number of carboxylic acids is 1.